The lowest BCUT2D eigenvalue weighted by molar-refractivity contribution is -0.146. The predicted molar refractivity (Wildman–Crippen MR) is 103 cm³/mol. The van der Waals surface area contributed by atoms with Gasteiger partial charge >= 0.3 is 5.97 Å². The molecule has 0 aliphatic rings. The number of esters is 1. The van der Waals surface area contributed by atoms with Crippen molar-refractivity contribution in [2.24, 2.45) is 5.92 Å². The molecule has 1 amide bonds. The summed E-state index contributed by atoms with van der Waals surface area (Å²) in [6.45, 7) is 2.37. The Morgan fingerprint density at radius 3 is 2.11 bits per heavy atom. The molecule has 0 aliphatic carbocycles. The first-order valence-electron chi connectivity index (χ1n) is 8.99. The fourth-order valence-electron chi connectivity index (χ4n) is 2.81. The molecule has 0 radical (unpaired) electrons. The molecule has 2 rings (SSSR count). The van der Waals surface area contributed by atoms with Crippen molar-refractivity contribution in [3.8, 4) is 0 Å². The summed E-state index contributed by atoms with van der Waals surface area (Å²) in [5.41, 5.74) is 1.57. The fourth-order valence-corrected chi connectivity index (χ4v) is 2.81. The van der Waals surface area contributed by atoms with Crippen LogP contribution in [-0.4, -0.2) is 36.2 Å². The third-order valence-electron chi connectivity index (χ3n) is 4.33. The maximum Gasteiger partial charge on any atom is 0.310 e. The Morgan fingerprint density at radius 2 is 1.52 bits per heavy atom. The number of ether oxygens (including phenoxy) is 1. The van der Waals surface area contributed by atoms with Crippen LogP contribution in [0, 0.1) is 5.92 Å². The lowest BCUT2D eigenvalue weighted by Crippen LogP contribution is -2.37. The van der Waals surface area contributed by atoms with Gasteiger partial charge in [0, 0.05) is 31.5 Å². The highest BCUT2D eigenvalue weighted by atomic mass is 16.5. The molecular formula is C22H25NO4. The summed E-state index contributed by atoms with van der Waals surface area (Å²) in [6, 6.07) is 18.5. The molecule has 0 spiro atoms. The first-order chi connectivity index (χ1) is 13.0. The van der Waals surface area contributed by atoms with Crippen molar-refractivity contribution in [1.82, 2.24) is 4.90 Å². The molecule has 5 heteroatoms. The molecule has 27 heavy (non-hydrogen) atoms. The van der Waals surface area contributed by atoms with Gasteiger partial charge in [0.05, 0.1) is 13.0 Å². The zero-order valence-corrected chi connectivity index (χ0v) is 15.8. The van der Waals surface area contributed by atoms with Gasteiger partial charge in [-0.3, -0.25) is 14.4 Å². The van der Waals surface area contributed by atoms with Crippen molar-refractivity contribution in [2.75, 3.05) is 13.7 Å². The largest absolute Gasteiger partial charge is 0.469 e. The number of rotatable bonds is 9. The van der Waals surface area contributed by atoms with Gasteiger partial charge in [0.25, 0.3) is 0 Å². The highest BCUT2D eigenvalue weighted by molar-refractivity contribution is 5.97. The van der Waals surface area contributed by atoms with Gasteiger partial charge in [0.2, 0.25) is 5.91 Å². The van der Waals surface area contributed by atoms with Crippen LogP contribution < -0.4 is 0 Å². The van der Waals surface area contributed by atoms with Crippen LogP contribution in [0.15, 0.2) is 60.7 Å². The Morgan fingerprint density at radius 1 is 0.926 bits per heavy atom. The van der Waals surface area contributed by atoms with E-state index in [1.807, 2.05) is 36.4 Å². The zero-order chi connectivity index (χ0) is 19.6. The molecule has 142 valence electrons. The number of carbonyl (C=O) groups excluding carboxylic acids is 3. The van der Waals surface area contributed by atoms with E-state index in [1.165, 1.54) is 7.11 Å². The smallest absolute Gasteiger partial charge is 0.310 e. The normalized spacial score (nSPS) is 11.5. The summed E-state index contributed by atoms with van der Waals surface area (Å²) in [6.07, 6.45) is 0.245. The fraction of sp³-hybridized carbons (Fsp3) is 0.318. The SMILES string of the molecule is COC(=O)C(C)CN(Cc1ccccc1)C(=O)CCC(=O)c1ccccc1. The molecule has 0 N–H and O–H groups in total. The number of hydrogen-bond acceptors (Lipinski definition) is 4. The minimum absolute atomic E-state index is 0.0652. The van der Waals surface area contributed by atoms with Gasteiger partial charge in [-0.25, -0.2) is 0 Å². The first-order valence-corrected chi connectivity index (χ1v) is 8.99. The van der Waals surface area contributed by atoms with Crippen molar-refractivity contribution < 1.29 is 19.1 Å². The van der Waals surface area contributed by atoms with E-state index >= 15 is 0 Å². The minimum Gasteiger partial charge on any atom is -0.469 e. The number of methoxy groups -OCH3 is 1. The molecule has 2 aromatic rings. The van der Waals surface area contributed by atoms with Crippen LogP contribution in [0.3, 0.4) is 0 Å². The average molecular weight is 367 g/mol. The Bertz CT molecular complexity index is 758. The quantitative estimate of drug-likeness (QED) is 0.503. The van der Waals surface area contributed by atoms with E-state index in [2.05, 4.69) is 0 Å². The van der Waals surface area contributed by atoms with Crippen molar-refractivity contribution >= 4 is 17.7 Å². The first kappa shape index (κ1) is 20.4. The summed E-state index contributed by atoms with van der Waals surface area (Å²) < 4.78 is 4.77. The van der Waals surface area contributed by atoms with E-state index in [0.29, 0.717) is 12.1 Å². The van der Waals surface area contributed by atoms with Crippen molar-refractivity contribution in [3.63, 3.8) is 0 Å². The maximum atomic E-state index is 12.8. The maximum absolute atomic E-state index is 12.8. The molecular weight excluding hydrogens is 342 g/mol. The van der Waals surface area contributed by atoms with Gasteiger partial charge < -0.3 is 9.64 Å². The van der Waals surface area contributed by atoms with Crippen LogP contribution in [-0.2, 0) is 20.9 Å². The summed E-state index contributed by atoms with van der Waals surface area (Å²) >= 11 is 0. The molecule has 0 aliphatic heterocycles. The third-order valence-corrected chi connectivity index (χ3v) is 4.33. The van der Waals surface area contributed by atoms with Crippen LogP contribution in [0.25, 0.3) is 0 Å². The average Bonchev–Trinajstić information content (AvgIpc) is 2.71. The number of hydrogen-bond donors (Lipinski definition) is 0. The number of ketones is 1. The second-order valence-electron chi connectivity index (χ2n) is 6.47. The monoisotopic (exact) mass is 367 g/mol. The molecule has 0 saturated heterocycles. The standard InChI is InChI=1S/C22H25NO4/c1-17(22(26)27-2)15-23(16-18-9-5-3-6-10-18)21(25)14-13-20(24)19-11-7-4-8-12-19/h3-12,17H,13-16H2,1-2H3. The second kappa shape index (κ2) is 10.3. The predicted octanol–water partition coefficient (Wildman–Crippen LogP) is 3.49. The Balaban J connectivity index is 2.03. The highest BCUT2D eigenvalue weighted by Gasteiger charge is 2.22. The van der Waals surface area contributed by atoms with Gasteiger partial charge in [-0.1, -0.05) is 67.6 Å². The van der Waals surface area contributed by atoms with Crippen molar-refractivity contribution in [2.45, 2.75) is 26.3 Å². The molecule has 0 fully saturated rings. The van der Waals surface area contributed by atoms with Crippen LogP contribution >= 0.6 is 0 Å². The van der Waals surface area contributed by atoms with Crippen LogP contribution in [0.5, 0.6) is 0 Å². The van der Waals surface area contributed by atoms with E-state index in [9.17, 15) is 14.4 Å². The zero-order valence-electron chi connectivity index (χ0n) is 15.8. The lowest BCUT2D eigenvalue weighted by Gasteiger charge is -2.25. The molecule has 0 saturated carbocycles. The number of Topliss-reactive ketones (excluding diaryl/α,β-unsaturated/α-hetero) is 1. The third kappa shape index (κ3) is 6.37. The number of benzene rings is 2. The van der Waals surface area contributed by atoms with Gasteiger partial charge in [-0.2, -0.15) is 0 Å². The molecule has 1 atom stereocenters. The second-order valence-corrected chi connectivity index (χ2v) is 6.47. The Kier molecular flexibility index (Phi) is 7.74. The topological polar surface area (TPSA) is 63.7 Å². The van der Waals surface area contributed by atoms with E-state index in [4.69, 9.17) is 4.74 Å². The van der Waals surface area contributed by atoms with E-state index < -0.39 is 5.92 Å². The van der Waals surface area contributed by atoms with Gasteiger partial charge in [0.1, 0.15) is 0 Å². The molecule has 0 heterocycles. The number of carbonyl (C=O) groups is 3. The van der Waals surface area contributed by atoms with Crippen LogP contribution in [0.1, 0.15) is 35.7 Å². The summed E-state index contributed by atoms with van der Waals surface area (Å²) in [5, 5.41) is 0. The van der Waals surface area contributed by atoms with Crippen LogP contribution in [0.4, 0.5) is 0 Å². The summed E-state index contributed by atoms with van der Waals surface area (Å²) in [5.74, 6) is -1.02. The van der Waals surface area contributed by atoms with Gasteiger partial charge in [0.15, 0.2) is 5.78 Å². The Hall–Kier alpha value is -2.95. The molecule has 2 aromatic carbocycles. The van der Waals surface area contributed by atoms with E-state index in [1.54, 1.807) is 36.1 Å². The van der Waals surface area contributed by atoms with E-state index in [-0.39, 0.29) is 37.0 Å². The molecule has 5 nitrogen and oxygen atoms in total. The number of amides is 1. The van der Waals surface area contributed by atoms with Gasteiger partial charge in [-0.15, -0.1) is 0 Å². The lowest BCUT2D eigenvalue weighted by atomic mass is 10.1. The number of nitrogens with zero attached hydrogens (tertiary/aromatic N) is 1. The molecule has 0 bridgehead atoms. The van der Waals surface area contributed by atoms with Crippen LogP contribution in [0.2, 0.25) is 0 Å². The van der Waals surface area contributed by atoms with E-state index in [0.717, 1.165) is 5.56 Å². The van der Waals surface area contributed by atoms with Crippen molar-refractivity contribution in [1.29, 1.82) is 0 Å². The molecule has 1 unspecified atom stereocenters. The summed E-state index contributed by atoms with van der Waals surface area (Å²) in [7, 11) is 1.33. The van der Waals surface area contributed by atoms with Crippen molar-refractivity contribution in [3.05, 3.63) is 71.8 Å². The highest BCUT2D eigenvalue weighted by Crippen LogP contribution is 2.13. The minimum atomic E-state index is -0.438. The molecule has 0 aromatic heterocycles. The van der Waals surface area contributed by atoms with Gasteiger partial charge in [-0.05, 0) is 5.56 Å². The summed E-state index contributed by atoms with van der Waals surface area (Å²) in [4.78, 5) is 38.4. The Labute approximate surface area is 159 Å².